The standard InChI is InChI=1S/C19H20FN5OS.HI/c20-14-3-5-16(6-4-14)24-7-9-25(10-8-24)19(21)22-12-15-13-27-18(23-15)17-2-1-11-26-17;/h1-6,11,13H,7-10,12H2,(H2,21,22);1H. The molecule has 1 aliphatic rings. The number of halogens is 2. The minimum Gasteiger partial charge on any atom is -0.462 e. The van der Waals surface area contributed by atoms with Crippen LogP contribution in [0, 0.1) is 5.82 Å². The number of aliphatic imine (C=N–C) groups is 1. The lowest BCUT2D eigenvalue weighted by Crippen LogP contribution is -2.51. The molecule has 0 unspecified atom stereocenters. The Morgan fingerprint density at radius 1 is 1.18 bits per heavy atom. The SMILES string of the molecule is I.NC(=NCc1csc(-c2ccco2)n1)N1CCN(c2ccc(F)cc2)CC1. The van der Waals surface area contributed by atoms with E-state index in [1.807, 2.05) is 17.5 Å². The highest BCUT2D eigenvalue weighted by atomic mass is 127. The number of rotatable bonds is 4. The number of aromatic nitrogens is 1. The van der Waals surface area contributed by atoms with Crippen molar-refractivity contribution in [2.75, 3.05) is 31.1 Å². The second-order valence-electron chi connectivity index (χ2n) is 6.25. The summed E-state index contributed by atoms with van der Waals surface area (Å²) in [5, 5.41) is 2.82. The highest BCUT2D eigenvalue weighted by molar-refractivity contribution is 14.0. The zero-order valence-corrected chi connectivity index (χ0v) is 18.3. The number of nitrogens with zero attached hydrogens (tertiary/aromatic N) is 4. The van der Waals surface area contributed by atoms with Crippen LogP contribution in [0.2, 0.25) is 0 Å². The van der Waals surface area contributed by atoms with Gasteiger partial charge in [-0.25, -0.2) is 14.4 Å². The van der Waals surface area contributed by atoms with E-state index in [9.17, 15) is 4.39 Å². The van der Waals surface area contributed by atoms with Gasteiger partial charge >= 0.3 is 0 Å². The molecule has 9 heteroatoms. The second kappa shape index (κ2) is 9.37. The Hall–Kier alpha value is -2.14. The molecule has 3 aromatic rings. The van der Waals surface area contributed by atoms with Crippen molar-refractivity contribution >= 4 is 47.0 Å². The summed E-state index contributed by atoms with van der Waals surface area (Å²) in [5.41, 5.74) is 8.07. The maximum Gasteiger partial charge on any atom is 0.191 e. The average molecular weight is 513 g/mol. The van der Waals surface area contributed by atoms with Gasteiger partial charge in [-0.05, 0) is 36.4 Å². The fourth-order valence-electron chi connectivity index (χ4n) is 3.00. The molecule has 1 aromatic carbocycles. The number of hydrogen-bond donors (Lipinski definition) is 1. The predicted molar refractivity (Wildman–Crippen MR) is 121 cm³/mol. The van der Waals surface area contributed by atoms with Gasteiger partial charge in [0, 0.05) is 37.2 Å². The first-order valence-corrected chi connectivity index (χ1v) is 9.61. The van der Waals surface area contributed by atoms with Gasteiger partial charge in [-0.1, -0.05) is 0 Å². The van der Waals surface area contributed by atoms with Crippen molar-refractivity contribution in [2.45, 2.75) is 6.54 Å². The number of anilines is 1. The number of piperazine rings is 1. The molecule has 28 heavy (non-hydrogen) atoms. The van der Waals surface area contributed by atoms with Crippen molar-refractivity contribution in [1.82, 2.24) is 9.88 Å². The van der Waals surface area contributed by atoms with Crippen LogP contribution in [0.4, 0.5) is 10.1 Å². The van der Waals surface area contributed by atoms with E-state index in [1.54, 1.807) is 18.4 Å². The molecular formula is C19H21FIN5OS. The number of hydrogen-bond acceptors (Lipinski definition) is 5. The molecule has 148 valence electrons. The van der Waals surface area contributed by atoms with Crippen LogP contribution >= 0.6 is 35.3 Å². The normalized spacial score (nSPS) is 14.8. The van der Waals surface area contributed by atoms with Gasteiger partial charge in [0.1, 0.15) is 5.82 Å². The first-order chi connectivity index (χ1) is 13.2. The first-order valence-electron chi connectivity index (χ1n) is 8.73. The van der Waals surface area contributed by atoms with Crippen molar-refractivity contribution in [3.8, 4) is 10.8 Å². The van der Waals surface area contributed by atoms with Crippen LogP contribution in [0.3, 0.4) is 0 Å². The summed E-state index contributed by atoms with van der Waals surface area (Å²) in [6.07, 6.45) is 1.64. The third-order valence-electron chi connectivity index (χ3n) is 4.48. The van der Waals surface area contributed by atoms with E-state index in [0.717, 1.165) is 48.3 Å². The predicted octanol–water partition coefficient (Wildman–Crippen LogP) is 3.80. The van der Waals surface area contributed by atoms with Gasteiger partial charge in [-0.15, -0.1) is 35.3 Å². The van der Waals surface area contributed by atoms with E-state index in [-0.39, 0.29) is 29.8 Å². The van der Waals surface area contributed by atoms with Gasteiger partial charge in [0.15, 0.2) is 16.7 Å². The van der Waals surface area contributed by atoms with Gasteiger partial charge in [0.05, 0.1) is 18.5 Å². The van der Waals surface area contributed by atoms with Crippen molar-refractivity contribution in [3.63, 3.8) is 0 Å². The molecular weight excluding hydrogens is 492 g/mol. The van der Waals surface area contributed by atoms with Gasteiger partial charge in [0.2, 0.25) is 0 Å². The largest absolute Gasteiger partial charge is 0.462 e. The zero-order valence-electron chi connectivity index (χ0n) is 15.1. The fourth-order valence-corrected chi connectivity index (χ4v) is 3.78. The molecule has 4 rings (SSSR count). The summed E-state index contributed by atoms with van der Waals surface area (Å²) in [6, 6.07) is 10.3. The maximum absolute atomic E-state index is 13.1. The Bertz CT molecular complexity index is 905. The Morgan fingerprint density at radius 2 is 1.93 bits per heavy atom. The molecule has 3 heterocycles. The quantitative estimate of drug-likeness (QED) is 0.327. The van der Waals surface area contributed by atoms with E-state index < -0.39 is 0 Å². The van der Waals surface area contributed by atoms with Crippen LogP contribution in [-0.4, -0.2) is 42.0 Å². The number of guanidine groups is 1. The highest BCUT2D eigenvalue weighted by Crippen LogP contribution is 2.24. The fraction of sp³-hybridized carbons (Fsp3) is 0.263. The summed E-state index contributed by atoms with van der Waals surface area (Å²) in [4.78, 5) is 13.3. The van der Waals surface area contributed by atoms with Crippen LogP contribution in [-0.2, 0) is 6.54 Å². The third-order valence-corrected chi connectivity index (χ3v) is 5.39. The molecule has 0 aliphatic carbocycles. The summed E-state index contributed by atoms with van der Waals surface area (Å²) >= 11 is 1.53. The topological polar surface area (TPSA) is 70.9 Å². The highest BCUT2D eigenvalue weighted by Gasteiger charge is 2.18. The Labute approximate surface area is 183 Å². The molecule has 2 N–H and O–H groups in total. The minimum atomic E-state index is -0.217. The lowest BCUT2D eigenvalue weighted by Gasteiger charge is -2.36. The average Bonchev–Trinajstić information content (AvgIpc) is 3.38. The number of thiazole rings is 1. The van der Waals surface area contributed by atoms with Crippen LogP contribution < -0.4 is 10.6 Å². The van der Waals surface area contributed by atoms with E-state index in [2.05, 4.69) is 19.8 Å². The monoisotopic (exact) mass is 513 g/mol. The third kappa shape index (κ3) is 4.82. The number of benzene rings is 1. The van der Waals surface area contributed by atoms with Crippen molar-refractivity contribution in [3.05, 3.63) is 59.6 Å². The summed E-state index contributed by atoms with van der Waals surface area (Å²) < 4.78 is 18.4. The molecule has 1 aliphatic heterocycles. The smallest absolute Gasteiger partial charge is 0.191 e. The molecule has 0 atom stereocenters. The van der Waals surface area contributed by atoms with Gasteiger partial charge in [-0.2, -0.15) is 0 Å². The molecule has 0 spiro atoms. The van der Waals surface area contributed by atoms with Gasteiger partial charge in [-0.3, -0.25) is 0 Å². The van der Waals surface area contributed by atoms with E-state index in [1.165, 1.54) is 23.5 Å². The Morgan fingerprint density at radius 3 is 2.61 bits per heavy atom. The first kappa shape index (κ1) is 20.6. The van der Waals surface area contributed by atoms with Crippen LogP contribution in [0.5, 0.6) is 0 Å². The van der Waals surface area contributed by atoms with Crippen molar-refractivity contribution in [1.29, 1.82) is 0 Å². The number of nitrogens with two attached hydrogens (primary N) is 1. The second-order valence-corrected chi connectivity index (χ2v) is 7.10. The van der Waals surface area contributed by atoms with Crippen molar-refractivity contribution in [2.24, 2.45) is 10.7 Å². The molecule has 2 aromatic heterocycles. The lowest BCUT2D eigenvalue weighted by molar-refractivity contribution is 0.380. The van der Waals surface area contributed by atoms with Crippen LogP contribution in [0.25, 0.3) is 10.8 Å². The maximum atomic E-state index is 13.1. The molecule has 6 nitrogen and oxygen atoms in total. The summed E-state index contributed by atoms with van der Waals surface area (Å²) in [7, 11) is 0. The molecule has 1 fully saturated rings. The summed E-state index contributed by atoms with van der Waals surface area (Å²) in [5.74, 6) is 1.08. The lowest BCUT2D eigenvalue weighted by atomic mass is 10.2. The summed E-state index contributed by atoms with van der Waals surface area (Å²) in [6.45, 7) is 3.65. The molecule has 1 saturated heterocycles. The van der Waals surface area contributed by atoms with Gasteiger partial charge < -0.3 is 20.0 Å². The molecule has 0 saturated carbocycles. The van der Waals surface area contributed by atoms with Crippen molar-refractivity contribution < 1.29 is 8.81 Å². The van der Waals surface area contributed by atoms with Crippen LogP contribution in [0.15, 0.2) is 57.5 Å². The van der Waals surface area contributed by atoms with E-state index in [0.29, 0.717) is 12.5 Å². The number of furan rings is 1. The zero-order chi connectivity index (χ0) is 18.6. The van der Waals surface area contributed by atoms with Gasteiger partial charge in [0.25, 0.3) is 0 Å². The molecule has 0 radical (unpaired) electrons. The van der Waals surface area contributed by atoms with E-state index >= 15 is 0 Å². The molecule has 0 amide bonds. The van der Waals surface area contributed by atoms with E-state index in [4.69, 9.17) is 10.2 Å². The Kier molecular flexibility index (Phi) is 6.89. The van der Waals surface area contributed by atoms with Crippen LogP contribution in [0.1, 0.15) is 5.69 Å². The Balaban J connectivity index is 0.00000225. The molecule has 0 bridgehead atoms. The minimum absolute atomic E-state index is 0.